The van der Waals surface area contributed by atoms with Crippen LogP contribution in [0, 0.1) is 3.95 Å². The Morgan fingerprint density at radius 3 is 2.52 bits per heavy atom. The minimum atomic E-state index is -1.05. The molecule has 0 atom stereocenters. The molecule has 3 aromatic rings. The van der Waals surface area contributed by atoms with E-state index in [1.165, 1.54) is 15.9 Å². The number of thiazole rings is 1. The SMILES string of the molecule is COc1ccc(Oc2cccc(Cc3sc(=S)n(CC(=O)O)c3O)c2)cc1. The number of ether oxygens (including phenoxy) is 2. The van der Waals surface area contributed by atoms with Crippen LogP contribution in [0.3, 0.4) is 0 Å². The molecule has 0 saturated heterocycles. The molecule has 1 heterocycles. The normalized spacial score (nSPS) is 10.6. The molecule has 0 fully saturated rings. The molecule has 0 aliphatic carbocycles. The van der Waals surface area contributed by atoms with Crippen molar-refractivity contribution in [2.75, 3.05) is 7.11 Å². The summed E-state index contributed by atoms with van der Waals surface area (Å²) in [4.78, 5) is 11.5. The number of hydrogen-bond donors (Lipinski definition) is 2. The molecule has 0 spiro atoms. The molecule has 0 unspecified atom stereocenters. The summed E-state index contributed by atoms with van der Waals surface area (Å²) in [5.41, 5.74) is 0.912. The summed E-state index contributed by atoms with van der Waals surface area (Å²) < 4.78 is 12.5. The van der Waals surface area contributed by atoms with Crippen molar-refractivity contribution in [3.8, 4) is 23.1 Å². The standard InChI is InChI=1S/C19H17NO5S2/c1-24-13-5-7-14(8-6-13)25-15-4-2-3-12(9-15)10-16-18(23)20(11-17(21)22)19(26)27-16/h2-9,23H,10-11H2,1H3,(H,21,22). The predicted octanol–water partition coefficient (Wildman–Crippen LogP) is 4.46. The molecule has 2 N–H and O–H groups in total. The van der Waals surface area contributed by atoms with Gasteiger partial charge in [0.05, 0.1) is 12.0 Å². The summed E-state index contributed by atoms with van der Waals surface area (Å²) in [5, 5.41) is 19.2. The molecule has 0 bridgehead atoms. The van der Waals surface area contributed by atoms with E-state index in [0.29, 0.717) is 26.8 Å². The third-order valence-electron chi connectivity index (χ3n) is 3.79. The van der Waals surface area contributed by atoms with Gasteiger partial charge in [0.1, 0.15) is 23.8 Å². The summed E-state index contributed by atoms with van der Waals surface area (Å²) in [7, 11) is 1.60. The molecule has 0 aliphatic rings. The molecule has 0 amide bonds. The molecule has 2 aromatic carbocycles. The fourth-order valence-electron chi connectivity index (χ4n) is 2.52. The smallest absolute Gasteiger partial charge is 0.323 e. The van der Waals surface area contributed by atoms with E-state index < -0.39 is 5.97 Å². The van der Waals surface area contributed by atoms with Gasteiger partial charge in [0.15, 0.2) is 3.95 Å². The van der Waals surface area contributed by atoms with Crippen molar-refractivity contribution in [3.63, 3.8) is 0 Å². The van der Waals surface area contributed by atoms with Crippen LogP contribution in [0.5, 0.6) is 23.1 Å². The number of methoxy groups -OCH3 is 1. The van der Waals surface area contributed by atoms with Crippen LogP contribution < -0.4 is 9.47 Å². The van der Waals surface area contributed by atoms with Gasteiger partial charge in [-0.05, 0) is 54.2 Å². The number of hydrogen-bond acceptors (Lipinski definition) is 6. The number of aromatic hydroxyl groups is 1. The summed E-state index contributed by atoms with van der Waals surface area (Å²) >= 11 is 6.35. The summed E-state index contributed by atoms with van der Waals surface area (Å²) in [6, 6.07) is 14.7. The van der Waals surface area contributed by atoms with Crippen molar-refractivity contribution in [1.29, 1.82) is 0 Å². The number of nitrogens with zero attached hydrogens (tertiary/aromatic N) is 1. The van der Waals surface area contributed by atoms with E-state index in [9.17, 15) is 9.90 Å². The molecule has 8 heteroatoms. The van der Waals surface area contributed by atoms with Gasteiger partial charge in [0, 0.05) is 6.42 Å². The molecule has 0 radical (unpaired) electrons. The summed E-state index contributed by atoms with van der Waals surface area (Å²) in [6.07, 6.45) is 0.423. The van der Waals surface area contributed by atoms with Crippen molar-refractivity contribution >= 4 is 29.5 Å². The van der Waals surface area contributed by atoms with Crippen molar-refractivity contribution < 1.29 is 24.5 Å². The maximum Gasteiger partial charge on any atom is 0.323 e. The fraction of sp³-hybridized carbons (Fsp3) is 0.158. The maximum atomic E-state index is 10.9. The largest absolute Gasteiger partial charge is 0.497 e. The van der Waals surface area contributed by atoms with E-state index in [4.69, 9.17) is 26.8 Å². The highest BCUT2D eigenvalue weighted by Crippen LogP contribution is 2.30. The first-order valence-corrected chi connectivity index (χ1v) is 9.23. The number of carboxylic acid groups (broad SMARTS) is 1. The molecule has 3 rings (SSSR count). The highest BCUT2D eigenvalue weighted by molar-refractivity contribution is 7.73. The Morgan fingerprint density at radius 2 is 1.85 bits per heavy atom. The topological polar surface area (TPSA) is 80.9 Å². The van der Waals surface area contributed by atoms with Crippen molar-refractivity contribution in [1.82, 2.24) is 4.57 Å². The Balaban J connectivity index is 1.78. The van der Waals surface area contributed by atoms with Crippen LogP contribution in [-0.2, 0) is 17.8 Å². The number of carbonyl (C=O) groups is 1. The van der Waals surface area contributed by atoms with E-state index >= 15 is 0 Å². The summed E-state index contributed by atoms with van der Waals surface area (Å²) in [6.45, 7) is -0.359. The van der Waals surface area contributed by atoms with Gasteiger partial charge in [-0.3, -0.25) is 9.36 Å². The van der Waals surface area contributed by atoms with Crippen LogP contribution in [0.25, 0.3) is 0 Å². The Bertz CT molecular complexity index is 1010. The van der Waals surface area contributed by atoms with Crippen molar-refractivity contribution in [3.05, 3.63) is 62.9 Å². The van der Waals surface area contributed by atoms with Gasteiger partial charge in [-0.15, -0.1) is 11.3 Å². The van der Waals surface area contributed by atoms with Crippen LogP contribution in [0.15, 0.2) is 48.5 Å². The molecular formula is C19H17NO5S2. The second kappa shape index (κ2) is 8.24. The molecule has 1 aromatic heterocycles. The summed E-state index contributed by atoms with van der Waals surface area (Å²) in [5.74, 6) is 0.929. The Morgan fingerprint density at radius 1 is 1.15 bits per heavy atom. The zero-order valence-electron chi connectivity index (χ0n) is 14.4. The average molecular weight is 403 g/mol. The lowest BCUT2D eigenvalue weighted by molar-refractivity contribution is -0.137. The molecule has 0 saturated carbocycles. The van der Waals surface area contributed by atoms with Crippen LogP contribution in [0.1, 0.15) is 10.4 Å². The van der Waals surface area contributed by atoms with E-state index in [1.807, 2.05) is 48.5 Å². The van der Waals surface area contributed by atoms with Crippen LogP contribution >= 0.6 is 23.6 Å². The zero-order chi connectivity index (χ0) is 19.4. The van der Waals surface area contributed by atoms with E-state index in [2.05, 4.69) is 0 Å². The fourth-order valence-corrected chi connectivity index (χ4v) is 3.88. The van der Waals surface area contributed by atoms with Gasteiger partial charge in [-0.2, -0.15) is 0 Å². The lowest BCUT2D eigenvalue weighted by Gasteiger charge is -2.08. The van der Waals surface area contributed by atoms with Gasteiger partial charge >= 0.3 is 5.97 Å². The number of aliphatic carboxylic acids is 1. The molecule has 140 valence electrons. The third kappa shape index (κ3) is 4.66. The Kier molecular flexibility index (Phi) is 5.78. The third-order valence-corrected chi connectivity index (χ3v) is 5.23. The van der Waals surface area contributed by atoms with E-state index in [-0.39, 0.29) is 12.4 Å². The van der Waals surface area contributed by atoms with Gasteiger partial charge in [0.2, 0.25) is 5.88 Å². The van der Waals surface area contributed by atoms with E-state index in [1.54, 1.807) is 7.11 Å². The highest BCUT2D eigenvalue weighted by Gasteiger charge is 2.14. The number of carboxylic acids is 1. The second-order valence-electron chi connectivity index (χ2n) is 5.70. The number of rotatable bonds is 7. The Labute approximate surface area is 164 Å². The second-order valence-corrected chi connectivity index (χ2v) is 7.43. The lowest BCUT2D eigenvalue weighted by atomic mass is 10.1. The highest BCUT2D eigenvalue weighted by atomic mass is 32.1. The predicted molar refractivity (Wildman–Crippen MR) is 105 cm³/mol. The number of aromatic nitrogens is 1. The van der Waals surface area contributed by atoms with Gasteiger partial charge in [-0.25, -0.2) is 0 Å². The molecular weight excluding hydrogens is 386 g/mol. The van der Waals surface area contributed by atoms with Crippen LogP contribution in [0.4, 0.5) is 0 Å². The molecule has 6 nitrogen and oxygen atoms in total. The molecule has 27 heavy (non-hydrogen) atoms. The van der Waals surface area contributed by atoms with E-state index in [0.717, 1.165) is 11.3 Å². The zero-order valence-corrected chi connectivity index (χ0v) is 16.0. The monoisotopic (exact) mass is 403 g/mol. The van der Waals surface area contributed by atoms with Crippen molar-refractivity contribution in [2.45, 2.75) is 13.0 Å². The minimum Gasteiger partial charge on any atom is -0.497 e. The average Bonchev–Trinajstić information content (AvgIpc) is 2.90. The van der Waals surface area contributed by atoms with Gasteiger partial charge in [0.25, 0.3) is 0 Å². The number of benzene rings is 2. The lowest BCUT2D eigenvalue weighted by Crippen LogP contribution is -2.08. The minimum absolute atomic E-state index is 0.103. The first kappa shape index (κ1) is 18.9. The first-order chi connectivity index (χ1) is 13.0. The maximum absolute atomic E-state index is 10.9. The van der Waals surface area contributed by atoms with Gasteiger partial charge in [-0.1, -0.05) is 12.1 Å². The molecule has 0 aliphatic heterocycles. The van der Waals surface area contributed by atoms with Crippen molar-refractivity contribution in [2.24, 2.45) is 0 Å². The van der Waals surface area contributed by atoms with Gasteiger partial charge < -0.3 is 19.7 Å². The first-order valence-electron chi connectivity index (χ1n) is 8.00. The van der Waals surface area contributed by atoms with Crippen LogP contribution in [-0.4, -0.2) is 27.9 Å². The van der Waals surface area contributed by atoms with Crippen LogP contribution in [0.2, 0.25) is 0 Å². The quantitative estimate of drug-likeness (QED) is 0.567. The Hall–Kier alpha value is -2.84.